The van der Waals surface area contributed by atoms with Crippen molar-refractivity contribution in [1.29, 1.82) is 0 Å². The van der Waals surface area contributed by atoms with Crippen molar-refractivity contribution in [2.24, 2.45) is 0 Å². The number of benzene rings is 2. The van der Waals surface area contributed by atoms with E-state index in [1.807, 2.05) is 18.2 Å². The van der Waals surface area contributed by atoms with Gasteiger partial charge >= 0.3 is 0 Å². The number of rotatable bonds is 7. The summed E-state index contributed by atoms with van der Waals surface area (Å²) in [6.45, 7) is 0.162. The zero-order chi connectivity index (χ0) is 21.6. The maximum absolute atomic E-state index is 13.9. The van der Waals surface area contributed by atoms with Crippen LogP contribution in [0.25, 0.3) is 10.6 Å². The zero-order valence-corrected chi connectivity index (χ0v) is 17.0. The van der Waals surface area contributed by atoms with E-state index in [0.717, 1.165) is 23.9 Å². The van der Waals surface area contributed by atoms with Gasteiger partial charge in [-0.25, -0.2) is 13.8 Å². The van der Waals surface area contributed by atoms with Crippen molar-refractivity contribution in [2.45, 2.75) is 13.2 Å². The van der Waals surface area contributed by atoms with Crippen LogP contribution in [0.1, 0.15) is 21.7 Å². The molecule has 4 aromatic rings. The van der Waals surface area contributed by atoms with E-state index < -0.39 is 11.6 Å². The van der Waals surface area contributed by atoms with Gasteiger partial charge in [0.1, 0.15) is 34.7 Å². The third-order valence-corrected chi connectivity index (χ3v) is 5.28. The lowest BCUT2D eigenvalue weighted by atomic mass is 10.2. The Morgan fingerprint density at radius 2 is 1.90 bits per heavy atom. The molecular weight excluding hydrogens is 420 g/mol. The summed E-state index contributed by atoms with van der Waals surface area (Å²) in [4.78, 5) is 21.0. The SMILES string of the molecule is O=C(NCc1ccccn1)c1csc(-c2ccccc2OCc2cc(F)ccc2F)n1. The highest BCUT2D eigenvalue weighted by Gasteiger charge is 2.15. The highest BCUT2D eigenvalue weighted by Crippen LogP contribution is 2.32. The van der Waals surface area contributed by atoms with Gasteiger partial charge in [-0.1, -0.05) is 18.2 Å². The predicted octanol–water partition coefficient (Wildman–Crippen LogP) is 4.99. The lowest BCUT2D eigenvalue weighted by Gasteiger charge is -2.10. The molecule has 5 nitrogen and oxygen atoms in total. The molecule has 0 spiro atoms. The molecule has 2 heterocycles. The number of ether oxygens (including phenoxy) is 1. The van der Waals surface area contributed by atoms with Gasteiger partial charge in [-0.15, -0.1) is 11.3 Å². The van der Waals surface area contributed by atoms with Crippen molar-refractivity contribution in [2.75, 3.05) is 0 Å². The van der Waals surface area contributed by atoms with Gasteiger partial charge in [0.2, 0.25) is 0 Å². The number of thiazole rings is 1. The molecule has 1 N–H and O–H groups in total. The van der Waals surface area contributed by atoms with Crippen LogP contribution in [-0.2, 0) is 13.2 Å². The Hall–Kier alpha value is -3.65. The van der Waals surface area contributed by atoms with Gasteiger partial charge in [-0.3, -0.25) is 9.78 Å². The minimum Gasteiger partial charge on any atom is -0.488 e. The van der Waals surface area contributed by atoms with Crippen LogP contribution in [0.2, 0.25) is 0 Å². The lowest BCUT2D eigenvalue weighted by Crippen LogP contribution is -2.23. The standard InChI is InChI=1S/C23H17F2N3O2S/c24-16-8-9-19(25)15(11-16)13-30-21-7-2-1-6-18(21)23-28-20(14-31-23)22(29)27-12-17-5-3-4-10-26-17/h1-11,14H,12-13H2,(H,27,29). The molecule has 0 atom stereocenters. The molecule has 1 amide bonds. The molecule has 4 rings (SSSR count). The molecule has 0 aliphatic rings. The van der Waals surface area contributed by atoms with E-state index in [1.165, 1.54) is 11.3 Å². The summed E-state index contributed by atoms with van der Waals surface area (Å²) in [6.07, 6.45) is 1.66. The van der Waals surface area contributed by atoms with Gasteiger partial charge in [-0.2, -0.15) is 0 Å². The monoisotopic (exact) mass is 437 g/mol. The maximum Gasteiger partial charge on any atom is 0.271 e. The minimum absolute atomic E-state index is 0.114. The Kier molecular flexibility index (Phi) is 6.28. The maximum atomic E-state index is 13.9. The predicted molar refractivity (Wildman–Crippen MR) is 114 cm³/mol. The third-order valence-electron chi connectivity index (χ3n) is 4.40. The van der Waals surface area contributed by atoms with Crippen molar-refractivity contribution in [3.05, 3.63) is 101 Å². The number of amides is 1. The molecular formula is C23H17F2N3O2S. The number of carbonyl (C=O) groups is 1. The lowest BCUT2D eigenvalue weighted by molar-refractivity contribution is 0.0946. The summed E-state index contributed by atoms with van der Waals surface area (Å²) in [5.74, 6) is -0.927. The second kappa shape index (κ2) is 9.44. The quantitative estimate of drug-likeness (QED) is 0.442. The summed E-state index contributed by atoms with van der Waals surface area (Å²) in [6, 6.07) is 15.8. The molecule has 0 unspecified atom stereocenters. The molecule has 0 saturated carbocycles. The fourth-order valence-corrected chi connectivity index (χ4v) is 3.67. The van der Waals surface area contributed by atoms with Gasteiger partial charge < -0.3 is 10.1 Å². The van der Waals surface area contributed by atoms with Gasteiger partial charge in [0, 0.05) is 17.1 Å². The molecule has 2 aromatic carbocycles. The van der Waals surface area contributed by atoms with Gasteiger partial charge in [0.25, 0.3) is 5.91 Å². The summed E-state index contributed by atoms with van der Waals surface area (Å²) in [5, 5.41) is 5.03. The Morgan fingerprint density at radius 1 is 1.06 bits per heavy atom. The van der Waals surface area contributed by atoms with Crippen molar-refractivity contribution in [3.63, 3.8) is 0 Å². The van der Waals surface area contributed by atoms with E-state index in [0.29, 0.717) is 22.9 Å². The fraction of sp³-hybridized carbons (Fsp3) is 0.0870. The van der Waals surface area contributed by atoms with Crippen molar-refractivity contribution < 1.29 is 18.3 Å². The molecule has 8 heteroatoms. The molecule has 0 aliphatic carbocycles. The van der Waals surface area contributed by atoms with E-state index in [-0.39, 0.29) is 23.8 Å². The van der Waals surface area contributed by atoms with E-state index in [4.69, 9.17) is 4.74 Å². The van der Waals surface area contributed by atoms with Crippen LogP contribution in [0, 0.1) is 11.6 Å². The number of hydrogen-bond donors (Lipinski definition) is 1. The highest BCUT2D eigenvalue weighted by molar-refractivity contribution is 7.13. The average Bonchev–Trinajstić information content (AvgIpc) is 3.29. The second-order valence-electron chi connectivity index (χ2n) is 6.56. The number of halogens is 2. The number of aromatic nitrogens is 2. The van der Waals surface area contributed by atoms with Crippen molar-refractivity contribution in [1.82, 2.24) is 15.3 Å². The van der Waals surface area contributed by atoms with E-state index in [1.54, 1.807) is 35.8 Å². The number of para-hydroxylation sites is 1. The number of carbonyl (C=O) groups excluding carboxylic acids is 1. The Labute approximate surface area is 181 Å². The zero-order valence-electron chi connectivity index (χ0n) is 16.2. The Balaban J connectivity index is 1.47. The van der Waals surface area contributed by atoms with Crippen molar-refractivity contribution in [3.8, 4) is 16.3 Å². The molecule has 156 valence electrons. The number of pyridine rings is 1. The Bertz CT molecular complexity index is 1200. The molecule has 0 bridgehead atoms. The number of nitrogens with one attached hydrogen (secondary N) is 1. The molecule has 2 aromatic heterocycles. The topological polar surface area (TPSA) is 64.1 Å². The summed E-state index contributed by atoms with van der Waals surface area (Å²) in [7, 11) is 0. The van der Waals surface area contributed by atoms with Gasteiger partial charge in [-0.05, 0) is 42.5 Å². The van der Waals surface area contributed by atoms with Crippen LogP contribution >= 0.6 is 11.3 Å². The number of hydrogen-bond acceptors (Lipinski definition) is 5. The normalized spacial score (nSPS) is 10.6. The van der Waals surface area contributed by atoms with E-state index in [2.05, 4.69) is 15.3 Å². The van der Waals surface area contributed by atoms with Crippen LogP contribution in [0.15, 0.2) is 72.2 Å². The van der Waals surface area contributed by atoms with Crippen LogP contribution in [0.5, 0.6) is 5.75 Å². The van der Waals surface area contributed by atoms with Crippen molar-refractivity contribution >= 4 is 17.2 Å². The largest absolute Gasteiger partial charge is 0.488 e. The third kappa shape index (κ3) is 5.10. The first kappa shape index (κ1) is 20.6. The number of nitrogens with zero attached hydrogens (tertiary/aromatic N) is 2. The molecule has 0 saturated heterocycles. The first-order valence-electron chi connectivity index (χ1n) is 9.40. The molecule has 31 heavy (non-hydrogen) atoms. The van der Waals surface area contributed by atoms with Gasteiger partial charge in [0.05, 0.1) is 17.8 Å². The fourth-order valence-electron chi connectivity index (χ4n) is 2.84. The van der Waals surface area contributed by atoms with Crippen LogP contribution in [0.3, 0.4) is 0 Å². The molecule has 0 fully saturated rings. The van der Waals surface area contributed by atoms with E-state index >= 15 is 0 Å². The first-order valence-corrected chi connectivity index (χ1v) is 10.3. The summed E-state index contributed by atoms with van der Waals surface area (Å²) < 4.78 is 33.0. The average molecular weight is 437 g/mol. The minimum atomic E-state index is -0.542. The Morgan fingerprint density at radius 3 is 2.74 bits per heavy atom. The second-order valence-corrected chi connectivity index (χ2v) is 7.42. The van der Waals surface area contributed by atoms with Gasteiger partial charge in [0.15, 0.2) is 0 Å². The first-order chi connectivity index (χ1) is 15.1. The smallest absolute Gasteiger partial charge is 0.271 e. The molecule has 0 aliphatic heterocycles. The van der Waals surface area contributed by atoms with Crippen LogP contribution in [0.4, 0.5) is 8.78 Å². The van der Waals surface area contributed by atoms with Crippen LogP contribution < -0.4 is 10.1 Å². The summed E-state index contributed by atoms with van der Waals surface area (Å²) >= 11 is 1.29. The summed E-state index contributed by atoms with van der Waals surface area (Å²) in [5.41, 5.74) is 1.80. The van der Waals surface area contributed by atoms with Crippen LogP contribution in [-0.4, -0.2) is 15.9 Å². The highest BCUT2D eigenvalue weighted by atomic mass is 32.1. The molecule has 0 radical (unpaired) electrons. The van der Waals surface area contributed by atoms with E-state index in [9.17, 15) is 13.6 Å².